The lowest BCUT2D eigenvalue weighted by Gasteiger charge is -1.80. The van der Waals surface area contributed by atoms with Crippen LogP contribution in [0.25, 0.3) is 0 Å². The first-order valence-corrected chi connectivity index (χ1v) is 1.80. The van der Waals surface area contributed by atoms with Gasteiger partial charge in [-0.2, -0.15) is 0 Å². The van der Waals surface area contributed by atoms with Crippen LogP contribution in [0.5, 0.6) is 0 Å². The average molecular weight is 103 g/mol. The van der Waals surface area contributed by atoms with Crippen LogP contribution in [-0.4, -0.2) is 5.91 Å². The zero-order valence-corrected chi connectivity index (χ0v) is 3.94. The Morgan fingerprint density at radius 1 is 1.86 bits per heavy atom. The Balaban J connectivity index is 3.82. The molecule has 0 aliphatic carbocycles. The molecule has 0 atom stereocenters. The van der Waals surface area contributed by atoms with Crippen molar-refractivity contribution in [1.82, 2.24) is 0 Å². The Morgan fingerprint density at radius 2 is 2.29 bits per heavy atom. The van der Waals surface area contributed by atoms with E-state index in [1.54, 1.807) is 0 Å². The molecule has 0 aromatic carbocycles. The summed E-state index contributed by atoms with van der Waals surface area (Å²) in [6, 6.07) is 0. The van der Waals surface area contributed by atoms with Gasteiger partial charge in [0, 0.05) is 0 Å². The lowest BCUT2D eigenvalue weighted by atomic mass is 10.5. The summed E-state index contributed by atoms with van der Waals surface area (Å²) in [4.78, 5) is 9.71. The molecule has 0 heterocycles. The Labute approximate surface area is 40.8 Å². The highest BCUT2D eigenvalue weighted by molar-refractivity contribution is 5.89. The van der Waals surface area contributed by atoms with E-state index in [0.29, 0.717) is 0 Å². The molecule has 0 aromatic heterocycles. The molecule has 0 spiro atoms. The molecular weight excluding hydrogens is 97.0 g/mol. The minimum atomic E-state index is -1.01. The molecule has 40 valence electrons. The topological polar surface area (TPSA) is 43.1 Å². The van der Waals surface area contributed by atoms with Crippen LogP contribution in [0, 0.1) is 0 Å². The lowest BCUT2D eigenvalue weighted by molar-refractivity contribution is -0.115. The minimum Gasteiger partial charge on any atom is -0.364 e. The monoisotopic (exact) mass is 103 g/mol. The van der Waals surface area contributed by atoms with Crippen molar-refractivity contribution in [3.05, 3.63) is 11.9 Å². The summed E-state index contributed by atoms with van der Waals surface area (Å²) in [7, 11) is 0. The summed E-state index contributed by atoms with van der Waals surface area (Å²) in [5, 5.41) is 0. The average Bonchev–Trinajstić information content (AvgIpc) is 1.65. The molecule has 3 heteroatoms. The van der Waals surface area contributed by atoms with E-state index in [9.17, 15) is 9.18 Å². The van der Waals surface area contributed by atoms with Gasteiger partial charge in [-0.3, -0.25) is 4.79 Å². The van der Waals surface area contributed by atoms with Gasteiger partial charge in [0.1, 0.15) is 0 Å². The molecule has 0 fully saturated rings. The molecule has 0 radical (unpaired) electrons. The smallest absolute Gasteiger partial charge is 0.277 e. The number of halogens is 1. The van der Waals surface area contributed by atoms with E-state index in [2.05, 4.69) is 5.73 Å². The molecule has 0 rings (SSSR count). The normalized spacial score (nSPS) is 11.4. The fourth-order valence-electron chi connectivity index (χ4n) is 0.142. The van der Waals surface area contributed by atoms with Gasteiger partial charge in [0.05, 0.1) is 0 Å². The number of allylic oxidation sites excluding steroid dienone is 1. The molecule has 2 N–H and O–H groups in total. The number of amides is 1. The maximum Gasteiger partial charge on any atom is 0.277 e. The van der Waals surface area contributed by atoms with Crippen molar-refractivity contribution in [2.45, 2.75) is 6.92 Å². The van der Waals surface area contributed by atoms with Gasteiger partial charge in [-0.05, 0) is 13.0 Å². The standard InChI is InChI=1S/C4H6FNO/c1-2-3(5)4(6)7/h2H,1H3,(H2,6,7)/b3-2-. The second-order valence-corrected chi connectivity index (χ2v) is 1.00. The number of carbonyl (C=O) groups excluding carboxylic acids is 1. The number of carbonyl (C=O) groups is 1. The van der Waals surface area contributed by atoms with Crippen LogP contribution < -0.4 is 5.73 Å². The van der Waals surface area contributed by atoms with E-state index in [4.69, 9.17) is 0 Å². The molecule has 2 nitrogen and oxygen atoms in total. The predicted octanol–water partition coefficient (Wildman–Crippen LogP) is 0.345. The molecular formula is C4H6FNO. The van der Waals surface area contributed by atoms with E-state index in [0.717, 1.165) is 6.08 Å². The fraction of sp³-hybridized carbons (Fsp3) is 0.250. The number of hydrogen-bond donors (Lipinski definition) is 1. The first kappa shape index (κ1) is 6.14. The SMILES string of the molecule is C/C=C(\F)C(N)=O. The van der Waals surface area contributed by atoms with Crippen LogP contribution in [0.3, 0.4) is 0 Å². The van der Waals surface area contributed by atoms with Crippen LogP contribution in [0.4, 0.5) is 4.39 Å². The van der Waals surface area contributed by atoms with Gasteiger partial charge >= 0.3 is 0 Å². The highest BCUT2D eigenvalue weighted by Crippen LogP contribution is 1.90. The van der Waals surface area contributed by atoms with Crippen molar-refractivity contribution in [3.8, 4) is 0 Å². The fourth-order valence-corrected chi connectivity index (χ4v) is 0.142. The summed E-state index contributed by atoms with van der Waals surface area (Å²) in [5.41, 5.74) is 4.46. The molecule has 0 saturated carbocycles. The van der Waals surface area contributed by atoms with Crippen molar-refractivity contribution in [2.24, 2.45) is 5.73 Å². The summed E-state index contributed by atoms with van der Waals surface area (Å²) >= 11 is 0. The third kappa shape index (κ3) is 1.92. The third-order valence-electron chi connectivity index (χ3n) is 0.489. The largest absolute Gasteiger partial charge is 0.364 e. The van der Waals surface area contributed by atoms with Crippen LogP contribution in [0.15, 0.2) is 11.9 Å². The molecule has 7 heavy (non-hydrogen) atoms. The summed E-state index contributed by atoms with van der Waals surface area (Å²) in [6.45, 7) is 1.40. The molecule has 0 saturated heterocycles. The lowest BCUT2D eigenvalue weighted by Crippen LogP contribution is -2.10. The van der Waals surface area contributed by atoms with Crippen LogP contribution in [0.2, 0.25) is 0 Å². The van der Waals surface area contributed by atoms with E-state index in [1.807, 2.05) is 0 Å². The van der Waals surface area contributed by atoms with Crippen molar-refractivity contribution in [3.63, 3.8) is 0 Å². The number of rotatable bonds is 1. The second-order valence-electron chi connectivity index (χ2n) is 1.00. The van der Waals surface area contributed by atoms with Crippen molar-refractivity contribution in [2.75, 3.05) is 0 Å². The number of nitrogens with two attached hydrogens (primary N) is 1. The molecule has 0 aliphatic heterocycles. The maximum atomic E-state index is 11.6. The minimum absolute atomic E-state index is 0.889. The van der Waals surface area contributed by atoms with Gasteiger partial charge in [-0.1, -0.05) is 0 Å². The Morgan fingerprint density at radius 3 is 2.29 bits per heavy atom. The molecule has 0 aliphatic rings. The van der Waals surface area contributed by atoms with Gasteiger partial charge < -0.3 is 5.73 Å². The van der Waals surface area contributed by atoms with Gasteiger partial charge in [-0.25, -0.2) is 4.39 Å². The quantitative estimate of drug-likeness (QED) is 0.478. The summed E-state index contributed by atoms with van der Waals surface area (Å²) < 4.78 is 11.6. The van der Waals surface area contributed by atoms with E-state index in [-0.39, 0.29) is 0 Å². The maximum absolute atomic E-state index is 11.6. The molecule has 0 unspecified atom stereocenters. The Kier molecular flexibility index (Phi) is 2.05. The predicted molar refractivity (Wildman–Crippen MR) is 24.1 cm³/mol. The van der Waals surface area contributed by atoms with E-state index < -0.39 is 11.7 Å². The van der Waals surface area contributed by atoms with E-state index in [1.165, 1.54) is 6.92 Å². The second kappa shape index (κ2) is 2.34. The van der Waals surface area contributed by atoms with Gasteiger partial charge in [0.2, 0.25) is 0 Å². The van der Waals surface area contributed by atoms with Crippen LogP contribution in [0.1, 0.15) is 6.92 Å². The summed E-state index contributed by atoms with van der Waals surface area (Å²) in [5.74, 6) is -1.90. The van der Waals surface area contributed by atoms with Crippen LogP contribution >= 0.6 is 0 Å². The van der Waals surface area contributed by atoms with E-state index >= 15 is 0 Å². The van der Waals surface area contributed by atoms with Crippen molar-refractivity contribution in [1.29, 1.82) is 0 Å². The highest BCUT2D eigenvalue weighted by Gasteiger charge is 1.96. The van der Waals surface area contributed by atoms with Gasteiger partial charge in [0.15, 0.2) is 5.83 Å². The van der Waals surface area contributed by atoms with Crippen molar-refractivity contribution < 1.29 is 9.18 Å². The van der Waals surface area contributed by atoms with Crippen LogP contribution in [-0.2, 0) is 4.79 Å². The first-order valence-electron chi connectivity index (χ1n) is 1.80. The zero-order valence-electron chi connectivity index (χ0n) is 3.94. The molecule has 0 bridgehead atoms. The highest BCUT2D eigenvalue weighted by atomic mass is 19.1. The van der Waals surface area contributed by atoms with Gasteiger partial charge in [-0.15, -0.1) is 0 Å². The zero-order chi connectivity index (χ0) is 5.86. The first-order chi connectivity index (χ1) is 3.18. The summed E-state index contributed by atoms with van der Waals surface area (Å²) in [6.07, 6.45) is 1.02. The molecule has 1 amide bonds. The Hall–Kier alpha value is -0.860. The number of hydrogen-bond acceptors (Lipinski definition) is 1. The Bertz CT molecular complexity index is 108. The van der Waals surface area contributed by atoms with Gasteiger partial charge in [0.25, 0.3) is 5.91 Å². The third-order valence-corrected chi connectivity index (χ3v) is 0.489. The van der Waals surface area contributed by atoms with Crippen molar-refractivity contribution >= 4 is 5.91 Å². The number of primary amides is 1. The molecule has 0 aromatic rings.